The Hall–Kier alpha value is -0.870. The van der Waals surface area contributed by atoms with E-state index in [1.54, 1.807) is 0 Å². The van der Waals surface area contributed by atoms with Gasteiger partial charge in [-0.15, -0.1) is 11.8 Å². The highest BCUT2D eigenvalue weighted by Gasteiger charge is 2.28. The van der Waals surface area contributed by atoms with Gasteiger partial charge in [0.1, 0.15) is 11.5 Å². The number of thioether (sulfide) groups is 1. The number of nitrogens with two attached hydrogens (primary N) is 1. The molecule has 0 aromatic heterocycles. The maximum Gasteiger partial charge on any atom is 0.136 e. The third-order valence-corrected chi connectivity index (χ3v) is 4.99. The van der Waals surface area contributed by atoms with Crippen LogP contribution in [0.15, 0.2) is 4.90 Å². The zero-order chi connectivity index (χ0) is 13.9. The van der Waals surface area contributed by atoms with E-state index in [4.69, 9.17) is 15.2 Å². The maximum absolute atomic E-state index is 6.04. The molecule has 0 fully saturated rings. The minimum absolute atomic E-state index is 0.669. The molecule has 0 bridgehead atoms. The van der Waals surface area contributed by atoms with Crippen LogP contribution in [0.1, 0.15) is 36.5 Å². The first-order valence-corrected chi connectivity index (χ1v) is 8.64. The van der Waals surface area contributed by atoms with Crippen LogP contribution in [-0.4, -0.2) is 25.5 Å². The van der Waals surface area contributed by atoms with Gasteiger partial charge < -0.3 is 15.2 Å². The fourth-order valence-electron chi connectivity index (χ4n) is 3.20. The van der Waals surface area contributed by atoms with E-state index in [9.17, 15) is 0 Å². The monoisotopic (exact) mass is 293 g/mol. The SMILES string of the molecule is CCSc1c2c(c(CCN)c3c1OCCC3)OCCC2. The van der Waals surface area contributed by atoms with Crippen LogP contribution in [-0.2, 0) is 19.3 Å². The van der Waals surface area contributed by atoms with Gasteiger partial charge in [-0.05, 0) is 44.4 Å². The number of ether oxygens (including phenoxy) is 2. The number of hydrogen-bond donors (Lipinski definition) is 1. The first-order chi connectivity index (χ1) is 9.86. The average molecular weight is 293 g/mol. The highest BCUT2D eigenvalue weighted by molar-refractivity contribution is 7.99. The summed E-state index contributed by atoms with van der Waals surface area (Å²) in [5, 5.41) is 0. The second-order valence-corrected chi connectivity index (χ2v) is 6.57. The lowest BCUT2D eigenvalue weighted by atomic mass is 9.91. The third-order valence-electron chi connectivity index (χ3n) is 3.98. The first kappa shape index (κ1) is 14.1. The summed E-state index contributed by atoms with van der Waals surface area (Å²) in [6, 6.07) is 0. The molecule has 0 unspecified atom stereocenters. The van der Waals surface area contributed by atoms with Crippen molar-refractivity contribution in [1.29, 1.82) is 0 Å². The summed E-state index contributed by atoms with van der Waals surface area (Å²) in [5.74, 6) is 3.33. The van der Waals surface area contributed by atoms with Crippen molar-refractivity contribution in [3.05, 3.63) is 16.7 Å². The Morgan fingerprint density at radius 3 is 2.45 bits per heavy atom. The van der Waals surface area contributed by atoms with Crippen LogP contribution in [0.2, 0.25) is 0 Å². The smallest absolute Gasteiger partial charge is 0.136 e. The predicted octanol–water partition coefficient (Wildman–Crippen LogP) is 2.95. The molecule has 2 N–H and O–H groups in total. The van der Waals surface area contributed by atoms with E-state index in [1.807, 2.05) is 11.8 Å². The van der Waals surface area contributed by atoms with E-state index in [1.165, 1.54) is 21.6 Å². The number of fused-ring (bicyclic) bond motifs is 2. The van der Waals surface area contributed by atoms with Crippen molar-refractivity contribution in [2.45, 2.75) is 43.9 Å². The van der Waals surface area contributed by atoms with Gasteiger partial charge in [-0.1, -0.05) is 6.92 Å². The second kappa shape index (κ2) is 6.27. The lowest BCUT2D eigenvalue weighted by molar-refractivity contribution is 0.261. The highest BCUT2D eigenvalue weighted by atomic mass is 32.2. The Labute approximate surface area is 125 Å². The predicted molar refractivity (Wildman–Crippen MR) is 83.2 cm³/mol. The third kappa shape index (κ3) is 2.40. The number of rotatable bonds is 4. The van der Waals surface area contributed by atoms with Crippen molar-refractivity contribution in [3.63, 3.8) is 0 Å². The molecular formula is C16H23NO2S. The van der Waals surface area contributed by atoms with Gasteiger partial charge in [-0.2, -0.15) is 0 Å². The van der Waals surface area contributed by atoms with Gasteiger partial charge in [-0.3, -0.25) is 0 Å². The minimum atomic E-state index is 0.669. The van der Waals surface area contributed by atoms with E-state index in [0.717, 1.165) is 62.6 Å². The first-order valence-electron chi connectivity index (χ1n) is 7.65. The van der Waals surface area contributed by atoms with Crippen molar-refractivity contribution in [3.8, 4) is 11.5 Å². The van der Waals surface area contributed by atoms with Crippen LogP contribution in [0, 0.1) is 0 Å². The van der Waals surface area contributed by atoms with E-state index in [-0.39, 0.29) is 0 Å². The molecule has 20 heavy (non-hydrogen) atoms. The van der Waals surface area contributed by atoms with Gasteiger partial charge in [-0.25, -0.2) is 0 Å². The lowest BCUT2D eigenvalue weighted by Gasteiger charge is -2.30. The Kier molecular flexibility index (Phi) is 4.41. The Morgan fingerprint density at radius 1 is 1.05 bits per heavy atom. The van der Waals surface area contributed by atoms with E-state index >= 15 is 0 Å². The maximum atomic E-state index is 6.04. The molecule has 0 spiro atoms. The molecule has 0 amide bonds. The fraction of sp³-hybridized carbons (Fsp3) is 0.625. The molecule has 2 aliphatic heterocycles. The van der Waals surface area contributed by atoms with Gasteiger partial charge in [0.15, 0.2) is 0 Å². The normalized spacial score (nSPS) is 16.9. The summed E-state index contributed by atoms with van der Waals surface area (Å²) in [6.45, 7) is 4.54. The van der Waals surface area contributed by atoms with E-state index < -0.39 is 0 Å². The summed E-state index contributed by atoms with van der Waals surface area (Å²) >= 11 is 1.90. The molecule has 4 heteroatoms. The summed E-state index contributed by atoms with van der Waals surface area (Å²) < 4.78 is 12.1. The second-order valence-electron chi connectivity index (χ2n) is 5.30. The lowest BCUT2D eigenvalue weighted by Crippen LogP contribution is -2.20. The molecule has 3 nitrogen and oxygen atoms in total. The van der Waals surface area contributed by atoms with Gasteiger partial charge in [0.2, 0.25) is 0 Å². The van der Waals surface area contributed by atoms with Crippen LogP contribution < -0.4 is 15.2 Å². The molecule has 0 aliphatic carbocycles. The standard InChI is InChI=1S/C16H23NO2S/c1-2-20-16-13-6-4-9-18-14(13)12(7-8-17)11-5-3-10-19-15(11)16/h2-10,17H2,1H3. The van der Waals surface area contributed by atoms with Crippen molar-refractivity contribution < 1.29 is 9.47 Å². The zero-order valence-corrected chi connectivity index (χ0v) is 13.0. The quantitative estimate of drug-likeness (QED) is 0.867. The van der Waals surface area contributed by atoms with Crippen molar-refractivity contribution in [1.82, 2.24) is 0 Å². The molecular weight excluding hydrogens is 270 g/mol. The fourth-order valence-corrected chi connectivity index (χ4v) is 4.17. The number of benzene rings is 1. The molecule has 0 atom stereocenters. The molecule has 0 saturated heterocycles. The van der Waals surface area contributed by atoms with Crippen molar-refractivity contribution in [2.24, 2.45) is 5.73 Å². The van der Waals surface area contributed by atoms with Gasteiger partial charge in [0, 0.05) is 16.7 Å². The van der Waals surface area contributed by atoms with Gasteiger partial charge >= 0.3 is 0 Å². The summed E-state index contributed by atoms with van der Waals surface area (Å²) in [4.78, 5) is 1.33. The minimum Gasteiger partial charge on any atom is -0.493 e. The van der Waals surface area contributed by atoms with E-state index in [0.29, 0.717) is 6.54 Å². The highest BCUT2D eigenvalue weighted by Crippen LogP contribution is 2.47. The zero-order valence-electron chi connectivity index (χ0n) is 12.2. The van der Waals surface area contributed by atoms with Crippen LogP contribution in [0.4, 0.5) is 0 Å². The summed E-state index contributed by atoms with van der Waals surface area (Å²) in [7, 11) is 0. The Balaban J connectivity index is 2.19. The van der Waals surface area contributed by atoms with Gasteiger partial charge in [0.25, 0.3) is 0 Å². The molecule has 3 rings (SSSR count). The summed E-state index contributed by atoms with van der Waals surface area (Å²) in [6.07, 6.45) is 5.29. The average Bonchev–Trinajstić information content (AvgIpc) is 2.50. The molecule has 2 aliphatic rings. The van der Waals surface area contributed by atoms with E-state index in [2.05, 4.69) is 6.92 Å². The molecule has 0 saturated carbocycles. The molecule has 0 radical (unpaired) electrons. The van der Waals surface area contributed by atoms with Gasteiger partial charge in [0.05, 0.1) is 18.1 Å². The molecule has 110 valence electrons. The van der Waals surface area contributed by atoms with Crippen LogP contribution in [0.5, 0.6) is 11.5 Å². The van der Waals surface area contributed by atoms with Crippen LogP contribution in [0.3, 0.4) is 0 Å². The molecule has 1 aromatic carbocycles. The number of hydrogen-bond acceptors (Lipinski definition) is 4. The Bertz CT molecular complexity index is 420. The molecule has 1 aromatic rings. The summed E-state index contributed by atoms with van der Waals surface area (Å²) in [5.41, 5.74) is 9.87. The van der Waals surface area contributed by atoms with Crippen molar-refractivity contribution >= 4 is 11.8 Å². The topological polar surface area (TPSA) is 44.5 Å². The Morgan fingerprint density at radius 2 is 1.75 bits per heavy atom. The van der Waals surface area contributed by atoms with Crippen molar-refractivity contribution in [2.75, 3.05) is 25.5 Å². The molecule has 2 heterocycles. The van der Waals surface area contributed by atoms with Crippen LogP contribution in [0.25, 0.3) is 0 Å². The largest absolute Gasteiger partial charge is 0.493 e. The van der Waals surface area contributed by atoms with Crippen LogP contribution >= 0.6 is 11.8 Å².